The molecule has 0 aromatic heterocycles. The highest BCUT2D eigenvalue weighted by Gasteiger charge is 2.10. The van der Waals surface area contributed by atoms with Crippen LogP contribution in [0, 0.1) is 5.92 Å². The van der Waals surface area contributed by atoms with Gasteiger partial charge in [-0.25, -0.2) is 0 Å². The third-order valence-corrected chi connectivity index (χ3v) is 2.85. The highest BCUT2D eigenvalue weighted by Crippen LogP contribution is 2.17. The lowest BCUT2D eigenvalue weighted by atomic mass is 9.94. The van der Waals surface area contributed by atoms with Gasteiger partial charge in [-0.1, -0.05) is 25.5 Å². The molecule has 0 aromatic rings. The molecule has 0 aromatic carbocycles. The van der Waals surface area contributed by atoms with E-state index in [-0.39, 0.29) is 0 Å². The fourth-order valence-electron chi connectivity index (χ4n) is 1.94. The van der Waals surface area contributed by atoms with Crippen molar-refractivity contribution in [2.75, 3.05) is 6.54 Å². The van der Waals surface area contributed by atoms with E-state index in [9.17, 15) is 0 Å². The molecule has 0 amide bonds. The molecule has 1 nitrogen and oxygen atoms in total. The maximum absolute atomic E-state index is 3.62. The molecule has 0 fully saturated rings. The summed E-state index contributed by atoms with van der Waals surface area (Å²) in [6.07, 6.45) is 11.2. The Morgan fingerprint density at radius 2 is 2.31 bits per heavy atom. The van der Waals surface area contributed by atoms with Crippen LogP contribution < -0.4 is 5.32 Å². The molecule has 1 aliphatic carbocycles. The lowest BCUT2D eigenvalue weighted by Crippen LogP contribution is -2.31. The highest BCUT2D eigenvalue weighted by molar-refractivity contribution is 4.90. The van der Waals surface area contributed by atoms with Gasteiger partial charge < -0.3 is 5.32 Å². The third-order valence-electron chi connectivity index (χ3n) is 2.85. The van der Waals surface area contributed by atoms with Crippen LogP contribution in [0.25, 0.3) is 0 Å². The van der Waals surface area contributed by atoms with Gasteiger partial charge in [-0.15, -0.1) is 0 Å². The smallest absolute Gasteiger partial charge is 0.00387 e. The van der Waals surface area contributed by atoms with E-state index in [2.05, 4.69) is 31.3 Å². The minimum Gasteiger partial charge on any atom is -0.314 e. The lowest BCUT2D eigenvalue weighted by Gasteiger charge is -2.21. The van der Waals surface area contributed by atoms with Gasteiger partial charge in [0.05, 0.1) is 0 Å². The van der Waals surface area contributed by atoms with Crippen molar-refractivity contribution in [1.29, 1.82) is 0 Å². The van der Waals surface area contributed by atoms with Crippen LogP contribution in [0.2, 0.25) is 0 Å². The van der Waals surface area contributed by atoms with Crippen LogP contribution in [-0.2, 0) is 0 Å². The van der Waals surface area contributed by atoms with Crippen LogP contribution >= 0.6 is 0 Å². The molecule has 0 radical (unpaired) electrons. The zero-order valence-electron chi connectivity index (χ0n) is 9.05. The summed E-state index contributed by atoms with van der Waals surface area (Å²) in [6, 6.07) is 0.705. The molecule has 0 heterocycles. The van der Waals surface area contributed by atoms with Gasteiger partial charge in [0, 0.05) is 6.04 Å². The second-order valence-corrected chi connectivity index (χ2v) is 4.25. The number of nitrogens with one attached hydrogen (secondary N) is 1. The average molecular weight is 181 g/mol. The fourth-order valence-corrected chi connectivity index (χ4v) is 1.94. The fraction of sp³-hybridized carbons (Fsp3) is 0.833. The summed E-state index contributed by atoms with van der Waals surface area (Å²) in [7, 11) is 0. The van der Waals surface area contributed by atoms with Crippen molar-refractivity contribution in [3.63, 3.8) is 0 Å². The summed E-state index contributed by atoms with van der Waals surface area (Å²) >= 11 is 0. The van der Waals surface area contributed by atoms with E-state index in [0.29, 0.717) is 6.04 Å². The minimum atomic E-state index is 0.705. The molecule has 0 aliphatic heterocycles. The van der Waals surface area contributed by atoms with Crippen LogP contribution in [0.15, 0.2) is 12.2 Å². The van der Waals surface area contributed by atoms with Gasteiger partial charge in [-0.3, -0.25) is 0 Å². The van der Waals surface area contributed by atoms with E-state index in [1.165, 1.54) is 38.6 Å². The average Bonchev–Trinajstić information content (AvgIpc) is 2.17. The Morgan fingerprint density at radius 3 is 2.92 bits per heavy atom. The standard InChI is InChI=1S/C12H23N/c1-3-7-11(2)13-10-12-8-5-4-6-9-12/h4-5,11-13H,3,6-10H2,1-2H3. The van der Waals surface area contributed by atoms with Gasteiger partial charge in [0.1, 0.15) is 0 Å². The molecule has 76 valence electrons. The van der Waals surface area contributed by atoms with E-state index in [4.69, 9.17) is 0 Å². The summed E-state index contributed by atoms with van der Waals surface area (Å²) in [5.41, 5.74) is 0. The molecule has 2 atom stereocenters. The van der Waals surface area contributed by atoms with Crippen LogP contribution in [0.5, 0.6) is 0 Å². The van der Waals surface area contributed by atoms with Gasteiger partial charge in [0.2, 0.25) is 0 Å². The Balaban J connectivity index is 2.07. The van der Waals surface area contributed by atoms with E-state index in [1.807, 2.05) is 0 Å². The van der Waals surface area contributed by atoms with Crippen molar-refractivity contribution in [3.05, 3.63) is 12.2 Å². The first-order valence-electron chi connectivity index (χ1n) is 5.71. The Hall–Kier alpha value is -0.300. The number of hydrogen-bond donors (Lipinski definition) is 1. The van der Waals surface area contributed by atoms with Crippen LogP contribution in [-0.4, -0.2) is 12.6 Å². The first-order valence-corrected chi connectivity index (χ1v) is 5.71. The summed E-state index contributed by atoms with van der Waals surface area (Å²) in [6.45, 7) is 5.76. The molecule has 1 aliphatic rings. The Kier molecular flexibility index (Phi) is 5.14. The highest BCUT2D eigenvalue weighted by atomic mass is 14.9. The molecular formula is C12H23N. The van der Waals surface area contributed by atoms with Gasteiger partial charge >= 0.3 is 0 Å². The van der Waals surface area contributed by atoms with Crippen molar-refractivity contribution in [3.8, 4) is 0 Å². The van der Waals surface area contributed by atoms with Crippen LogP contribution in [0.1, 0.15) is 46.0 Å². The van der Waals surface area contributed by atoms with Crippen molar-refractivity contribution in [1.82, 2.24) is 5.32 Å². The zero-order chi connectivity index (χ0) is 9.52. The molecule has 2 unspecified atom stereocenters. The maximum Gasteiger partial charge on any atom is 0.00387 e. The molecular weight excluding hydrogens is 158 g/mol. The normalized spacial score (nSPS) is 24.6. The quantitative estimate of drug-likeness (QED) is 0.643. The van der Waals surface area contributed by atoms with Crippen molar-refractivity contribution in [2.45, 2.75) is 52.0 Å². The SMILES string of the molecule is CCCC(C)NCC1CC=CCC1. The molecule has 0 saturated heterocycles. The van der Waals surface area contributed by atoms with Gasteiger partial charge in [0.25, 0.3) is 0 Å². The Bertz CT molecular complexity index is 151. The predicted molar refractivity (Wildman–Crippen MR) is 58.9 cm³/mol. The second-order valence-electron chi connectivity index (χ2n) is 4.25. The van der Waals surface area contributed by atoms with Gasteiger partial charge in [-0.05, 0) is 45.1 Å². The number of allylic oxidation sites excluding steroid dienone is 2. The summed E-state index contributed by atoms with van der Waals surface area (Å²) < 4.78 is 0. The topological polar surface area (TPSA) is 12.0 Å². The second kappa shape index (κ2) is 6.20. The molecule has 1 heteroatoms. The van der Waals surface area contributed by atoms with Crippen LogP contribution in [0.3, 0.4) is 0 Å². The molecule has 0 bridgehead atoms. The summed E-state index contributed by atoms with van der Waals surface area (Å²) in [4.78, 5) is 0. The van der Waals surface area contributed by atoms with Gasteiger partial charge in [0.15, 0.2) is 0 Å². The Morgan fingerprint density at radius 1 is 1.46 bits per heavy atom. The molecule has 13 heavy (non-hydrogen) atoms. The molecule has 1 N–H and O–H groups in total. The predicted octanol–water partition coefficient (Wildman–Crippen LogP) is 3.12. The van der Waals surface area contributed by atoms with Crippen molar-refractivity contribution in [2.24, 2.45) is 5.92 Å². The monoisotopic (exact) mass is 181 g/mol. The Labute approximate surface area is 82.6 Å². The molecule has 0 saturated carbocycles. The minimum absolute atomic E-state index is 0.705. The van der Waals surface area contributed by atoms with E-state index in [1.54, 1.807) is 0 Å². The van der Waals surface area contributed by atoms with Gasteiger partial charge in [-0.2, -0.15) is 0 Å². The lowest BCUT2D eigenvalue weighted by molar-refractivity contribution is 0.400. The molecule has 0 spiro atoms. The number of rotatable bonds is 5. The first kappa shape index (κ1) is 10.8. The van der Waals surface area contributed by atoms with E-state index in [0.717, 1.165) is 5.92 Å². The van der Waals surface area contributed by atoms with Crippen molar-refractivity contribution >= 4 is 0 Å². The van der Waals surface area contributed by atoms with E-state index < -0.39 is 0 Å². The number of hydrogen-bond acceptors (Lipinski definition) is 1. The molecule has 1 rings (SSSR count). The van der Waals surface area contributed by atoms with E-state index >= 15 is 0 Å². The zero-order valence-corrected chi connectivity index (χ0v) is 9.05. The maximum atomic E-state index is 3.62. The summed E-state index contributed by atoms with van der Waals surface area (Å²) in [5.74, 6) is 0.893. The van der Waals surface area contributed by atoms with Crippen LogP contribution in [0.4, 0.5) is 0 Å². The van der Waals surface area contributed by atoms with Crippen molar-refractivity contribution < 1.29 is 0 Å². The first-order chi connectivity index (χ1) is 6.33. The largest absolute Gasteiger partial charge is 0.314 e. The third kappa shape index (κ3) is 4.47. The summed E-state index contributed by atoms with van der Waals surface area (Å²) in [5, 5.41) is 3.62.